The molecule has 83 heavy (non-hydrogen) atoms. The third-order valence-electron chi connectivity index (χ3n) is 13.0. The van der Waals surface area contributed by atoms with Crippen LogP contribution in [0.4, 0.5) is 0 Å². The summed E-state index contributed by atoms with van der Waals surface area (Å²) < 4.78 is 0. The molecule has 0 fully saturated rings. The molecule has 0 aromatic heterocycles. The second kappa shape index (κ2) is 41.2. The molecule has 476 valence electrons. The van der Waals surface area contributed by atoms with Gasteiger partial charge in [0.2, 0.25) is 59.1 Å². The predicted octanol–water partition coefficient (Wildman–Crippen LogP) is -1.94. The van der Waals surface area contributed by atoms with Crippen LogP contribution in [0.1, 0.15) is 166 Å². The quantitative estimate of drug-likeness (QED) is 0.0179. The van der Waals surface area contributed by atoms with Crippen LogP contribution >= 0.6 is 0 Å². The molecule has 0 unspecified atom stereocenters. The van der Waals surface area contributed by atoms with Gasteiger partial charge in [0.25, 0.3) is 0 Å². The van der Waals surface area contributed by atoms with Gasteiger partial charge in [0, 0.05) is 20.0 Å². The maximum Gasteiger partial charge on any atom is 0.243 e. The van der Waals surface area contributed by atoms with Crippen LogP contribution in [-0.2, 0) is 47.9 Å². The Balaban J connectivity index is 7.00. The van der Waals surface area contributed by atoms with Crippen molar-refractivity contribution in [3.63, 3.8) is 0 Å². The Hall–Kier alpha value is -6.84. The van der Waals surface area contributed by atoms with E-state index in [-0.39, 0.29) is 113 Å². The van der Waals surface area contributed by atoms with Gasteiger partial charge < -0.3 is 88.0 Å². The van der Waals surface area contributed by atoms with Crippen molar-refractivity contribution < 1.29 is 47.9 Å². The maximum atomic E-state index is 14.5. The molecular weight excluding hydrogens is 1070 g/mol. The van der Waals surface area contributed by atoms with Gasteiger partial charge in [-0.3, -0.25) is 57.9 Å². The SMILES string of the molecule is CC(=O)N[C@@H](CC(C)C)C(=O)N[C@@H](CC(C)C)C(=O)N[C@@H](CC(C)C)C(=O)N[C@@H](CC(C)C)C(=O)N[C@@H](CCCN=C(N)N)C(=O)N[C@H](C(=O)N[C@@H](CCCCN)C(=O)N[C@@H](CCCN=C(N)N)C(=O)N[C@@H](CCCCN)C(N)=O)C(C)C. The van der Waals surface area contributed by atoms with Crippen LogP contribution in [0.3, 0.4) is 0 Å². The molecule has 9 atom stereocenters. The number of unbranched alkanes of at least 4 members (excludes halogenated alkanes) is 2. The molecule has 0 heterocycles. The number of nitrogens with two attached hydrogens (primary N) is 7. The van der Waals surface area contributed by atoms with E-state index in [2.05, 4.69) is 57.8 Å². The Morgan fingerprint density at radius 1 is 0.337 bits per heavy atom. The van der Waals surface area contributed by atoms with E-state index in [9.17, 15) is 47.9 Å². The van der Waals surface area contributed by atoms with E-state index >= 15 is 0 Å². The number of guanidine groups is 2. The van der Waals surface area contributed by atoms with E-state index in [0.717, 1.165) is 0 Å². The van der Waals surface area contributed by atoms with Crippen LogP contribution in [0.2, 0.25) is 0 Å². The third kappa shape index (κ3) is 33.8. The molecule has 0 rings (SSSR count). The largest absolute Gasteiger partial charge is 0.370 e. The van der Waals surface area contributed by atoms with Gasteiger partial charge in [-0.1, -0.05) is 69.2 Å². The van der Waals surface area contributed by atoms with Crippen LogP contribution in [0.25, 0.3) is 0 Å². The summed E-state index contributed by atoms with van der Waals surface area (Å²) in [6.45, 7) is 20.3. The van der Waals surface area contributed by atoms with Crippen molar-refractivity contribution in [1.29, 1.82) is 0 Å². The first-order valence-electron chi connectivity index (χ1n) is 29.3. The molecule has 10 amide bonds. The summed E-state index contributed by atoms with van der Waals surface area (Å²) in [5.74, 6) is -8.18. The smallest absolute Gasteiger partial charge is 0.243 e. The lowest BCUT2D eigenvalue weighted by molar-refractivity contribution is -0.136. The van der Waals surface area contributed by atoms with Crippen molar-refractivity contribution in [2.75, 3.05) is 26.2 Å². The van der Waals surface area contributed by atoms with Crippen molar-refractivity contribution in [2.24, 2.45) is 79.7 Å². The van der Waals surface area contributed by atoms with Gasteiger partial charge in [0.1, 0.15) is 54.4 Å². The topological polar surface area (TPSA) is 486 Å². The number of nitrogens with zero attached hydrogens (tertiary/aromatic N) is 2. The number of rotatable bonds is 43. The Bertz CT molecular complexity index is 2120. The van der Waals surface area contributed by atoms with E-state index in [0.29, 0.717) is 38.6 Å². The molecule has 0 aliphatic rings. The summed E-state index contributed by atoms with van der Waals surface area (Å²) in [5.41, 5.74) is 39.2. The van der Waals surface area contributed by atoms with E-state index in [4.69, 9.17) is 40.1 Å². The molecular formula is C55H106N18O10. The van der Waals surface area contributed by atoms with E-state index in [1.165, 1.54) is 6.92 Å². The lowest BCUT2D eigenvalue weighted by atomic mass is 9.97. The summed E-state index contributed by atoms with van der Waals surface area (Å²) in [6.07, 6.45) is 3.33. The molecule has 0 aromatic carbocycles. The highest BCUT2D eigenvalue weighted by molar-refractivity contribution is 5.98. The Labute approximate surface area is 491 Å². The summed E-state index contributed by atoms with van der Waals surface area (Å²) in [6, 6.07) is -10.6. The zero-order valence-electron chi connectivity index (χ0n) is 51.3. The first kappa shape index (κ1) is 76.2. The van der Waals surface area contributed by atoms with E-state index < -0.39 is 119 Å². The van der Waals surface area contributed by atoms with Crippen LogP contribution in [0, 0.1) is 29.6 Å². The number of carbonyl (C=O) groups excluding carboxylic acids is 10. The first-order chi connectivity index (χ1) is 38.8. The minimum absolute atomic E-state index is 0.0196. The summed E-state index contributed by atoms with van der Waals surface area (Å²) >= 11 is 0. The van der Waals surface area contributed by atoms with Crippen molar-refractivity contribution >= 4 is 71.0 Å². The Morgan fingerprint density at radius 2 is 0.602 bits per heavy atom. The Kier molecular flexibility index (Phi) is 37.8. The second-order valence-corrected chi connectivity index (χ2v) is 23.3. The zero-order valence-corrected chi connectivity index (χ0v) is 51.3. The molecule has 0 aromatic rings. The molecule has 28 heteroatoms. The van der Waals surface area contributed by atoms with Crippen molar-refractivity contribution in [3.8, 4) is 0 Å². The highest BCUT2D eigenvalue weighted by Gasteiger charge is 2.36. The number of aliphatic imine (C=N–C) groups is 2. The summed E-state index contributed by atoms with van der Waals surface area (Å²) in [7, 11) is 0. The number of amides is 10. The Morgan fingerprint density at radius 3 is 0.892 bits per heavy atom. The molecule has 23 N–H and O–H groups in total. The van der Waals surface area contributed by atoms with Gasteiger partial charge in [-0.25, -0.2) is 0 Å². The zero-order chi connectivity index (χ0) is 63.5. The van der Waals surface area contributed by atoms with Crippen LogP contribution in [0.15, 0.2) is 9.98 Å². The van der Waals surface area contributed by atoms with Gasteiger partial charge in [-0.15, -0.1) is 0 Å². The van der Waals surface area contributed by atoms with Crippen LogP contribution < -0.4 is 88.0 Å². The standard InChI is InChI=1S/C55H106N18O10/c1-30(2)26-40(65-35(11)74)49(79)70-42(28-32(5)6)51(81)72-43(29-33(7)8)52(82)71-41(27-31(3)4)50(80)68-39(21-17-25-64-55(61)62)48(78)73-44(34(9)10)53(83)69-37(19-13-15-23-57)47(77)67-38(20-16-24-63-54(59)60)46(76)66-36(45(58)75)18-12-14-22-56/h30-34,36-44H,12-29,56-57H2,1-11H3,(H2,58,75)(H,65,74)(H,66,76)(H,67,77)(H,68,80)(H,69,83)(H,70,79)(H,71,82)(H,72,81)(H,73,78)(H4,59,60,63)(H4,61,62,64)/t36-,37-,38-,39-,40-,41-,42-,43-,44-/m0/s1. The fourth-order valence-corrected chi connectivity index (χ4v) is 8.83. The van der Waals surface area contributed by atoms with Crippen molar-refractivity contribution in [3.05, 3.63) is 0 Å². The van der Waals surface area contributed by atoms with Gasteiger partial charge in [-0.05, 0) is 133 Å². The molecule has 0 aliphatic carbocycles. The van der Waals surface area contributed by atoms with Gasteiger partial charge >= 0.3 is 0 Å². The molecule has 0 bridgehead atoms. The molecule has 0 aliphatic heterocycles. The minimum Gasteiger partial charge on any atom is -0.370 e. The fourth-order valence-electron chi connectivity index (χ4n) is 8.83. The number of carbonyl (C=O) groups is 10. The lowest BCUT2D eigenvalue weighted by Crippen LogP contribution is -2.61. The first-order valence-corrected chi connectivity index (χ1v) is 29.3. The summed E-state index contributed by atoms with van der Waals surface area (Å²) in [5, 5.41) is 24.6. The normalized spacial score (nSPS) is 14.6. The highest BCUT2D eigenvalue weighted by Crippen LogP contribution is 2.15. The van der Waals surface area contributed by atoms with Crippen LogP contribution in [-0.4, -0.2) is 152 Å². The number of nitrogens with one attached hydrogen (secondary N) is 9. The van der Waals surface area contributed by atoms with Crippen molar-refractivity contribution in [2.45, 2.75) is 220 Å². The van der Waals surface area contributed by atoms with Crippen molar-refractivity contribution in [1.82, 2.24) is 47.9 Å². The second-order valence-electron chi connectivity index (χ2n) is 23.3. The van der Waals surface area contributed by atoms with E-state index in [1.807, 2.05) is 55.4 Å². The molecule has 28 nitrogen and oxygen atoms in total. The molecule has 0 saturated heterocycles. The van der Waals surface area contributed by atoms with Gasteiger partial charge in [-0.2, -0.15) is 0 Å². The lowest BCUT2D eigenvalue weighted by Gasteiger charge is -2.30. The number of hydrogen-bond acceptors (Lipinski definition) is 14. The van der Waals surface area contributed by atoms with E-state index in [1.54, 1.807) is 13.8 Å². The van der Waals surface area contributed by atoms with Crippen LogP contribution in [0.5, 0.6) is 0 Å². The number of primary amides is 1. The monoisotopic (exact) mass is 1180 g/mol. The molecule has 0 spiro atoms. The maximum absolute atomic E-state index is 14.5. The predicted molar refractivity (Wildman–Crippen MR) is 321 cm³/mol. The minimum atomic E-state index is -1.33. The third-order valence-corrected chi connectivity index (χ3v) is 13.0. The average Bonchev–Trinajstić information content (AvgIpc) is 3.36. The highest BCUT2D eigenvalue weighted by atomic mass is 16.2. The average molecular weight is 1180 g/mol. The number of hydrogen-bond donors (Lipinski definition) is 16. The van der Waals surface area contributed by atoms with Gasteiger partial charge in [0.15, 0.2) is 11.9 Å². The molecule has 0 saturated carbocycles. The summed E-state index contributed by atoms with van der Waals surface area (Å²) in [4.78, 5) is 145. The fraction of sp³-hybridized carbons (Fsp3) is 0.782. The van der Waals surface area contributed by atoms with Gasteiger partial charge in [0.05, 0.1) is 0 Å². The molecule has 0 radical (unpaired) electrons.